The molecule has 0 atom stereocenters. The van der Waals surface area contributed by atoms with E-state index in [-0.39, 0.29) is 10.7 Å². The van der Waals surface area contributed by atoms with Gasteiger partial charge >= 0.3 is 0 Å². The molecule has 1 aliphatic rings. The lowest BCUT2D eigenvalue weighted by Crippen LogP contribution is -2.42. The molecule has 2 nitrogen and oxygen atoms in total. The average Bonchev–Trinajstić information content (AvgIpc) is 2.72. The van der Waals surface area contributed by atoms with Crippen LogP contribution < -0.4 is 0 Å². The molecular weight excluding hydrogens is 362 g/mol. The van der Waals surface area contributed by atoms with Crippen molar-refractivity contribution in [2.24, 2.45) is 0 Å². The number of hydrogen-bond donors (Lipinski definition) is 0. The zero-order valence-corrected chi connectivity index (χ0v) is 16.8. The maximum absolute atomic E-state index is 12.4. The van der Waals surface area contributed by atoms with Crippen molar-refractivity contribution in [1.82, 2.24) is 4.90 Å². The zero-order chi connectivity index (χ0) is 19.2. The molecule has 3 heteroatoms. The molecule has 0 bridgehead atoms. The van der Waals surface area contributed by atoms with Crippen LogP contribution in [0.2, 0.25) is 0 Å². The summed E-state index contributed by atoms with van der Waals surface area (Å²) in [5.74, 6) is 1.07. The molecule has 1 saturated heterocycles. The van der Waals surface area contributed by atoms with Crippen LogP contribution in [0.4, 0.5) is 0 Å². The predicted octanol–water partition coefficient (Wildman–Crippen LogP) is 5.33. The Balaban J connectivity index is 1.73. The molecule has 0 unspecified atom stereocenters. The second kappa shape index (κ2) is 8.66. The van der Waals surface area contributed by atoms with E-state index < -0.39 is 0 Å². The molecule has 142 valence electrons. The monoisotopic (exact) mass is 387 g/mol. The zero-order valence-electron chi connectivity index (χ0n) is 16.0. The largest absolute Gasteiger partial charge is 0.343 e. The lowest BCUT2D eigenvalue weighted by molar-refractivity contribution is -0.134. The summed E-state index contributed by atoms with van der Waals surface area (Å²) in [5.41, 5.74) is 3.73. The van der Waals surface area contributed by atoms with Crippen LogP contribution in [0.5, 0.6) is 0 Å². The molecule has 1 fully saturated rings. The molecule has 0 spiro atoms. The van der Waals surface area contributed by atoms with Crippen molar-refractivity contribution in [1.29, 1.82) is 0 Å². The van der Waals surface area contributed by atoms with E-state index in [1.807, 2.05) is 16.7 Å². The van der Waals surface area contributed by atoms with Gasteiger partial charge in [0.25, 0.3) is 0 Å². The number of carbonyl (C=O) groups excluding carboxylic acids is 1. The highest BCUT2D eigenvalue weighted by molar-refractivity contribution is 8.00. The third-order valence-corrected chi connectivity index (χ3v) is 6.93. The van der Waals surface area contributed by atoms with Gasteiger partial charge < -0.3 is 4.90 Å². The van der Waals surface area contributed by atoms with Gasteiger partial charge in [-0.1, -0.05) is 91.0 Å². The Bertz CT molecular complexity index is 795. The number of rotatable bonds is 7. The van der Waals surface area contributed by atoms with Gasteiger partial charge in [-0.3, -0.25) is 4.79 Å². The summed E-state index contributed by atoms with van der Waals surface area (Å²) in [5, 5.41) is 0. The van der Waals surface area contributed by atoms with Gasteiger partial charge in [-0.2, -0.15) is 0 Å². The molecule has 0 saturated carbocycles. The number of amides is 1. The van der Waals surface area contributed by atoms with Crippen LogP contribution in [0.1, 0.15) is 29.5 Å². The van der Waals surface area contributed by atoms with Crippen molar-refractivity contribution >= 4 is 17.7 Å². The van der Waals surface area contributed by atoms with E-state index in [9.17, 15) is 4.79 Å². The second-order valence-corrected chi connectivity index (χ2v) is 8.42. The first-order chi connectivity index (χ1) is 13.8. The highest BCUT2D eigenvalue weighted by Gasteiger charge is 2.37. The van der Waals surface area contributed by atoms with Crippen molar-refractivity contribution in [2.45, 2.75) is 17.6 Å². The van der Waals surface area contributed by atoms with E-state index in [0.717, 1.165) is 25.3 Å². The first-order valence-electron chi connectivity index (χ1n) is 9.89. The number of nitrogens with zero attached hydrogens (tertiary/aromatic N) is 1. The van der Waals surface area contributed by atoms with Crippen LogP contribution in [0.15, 0.2) is 91.0 Å². The Morgan fingerprint density at radius 2 is 1.18 bits per heavy atom. The summed E-state index contributed by atoms with van der Waals surface area (Å²) in [4.78, 5) is 14.4. The Hall–Kier alpha value is -2.52. The lowest BCUT2D eigenvalue weighted by Gasteiger charge is -2.36. The quantitative estimate of drug-likeness (QED) is 0.511. The Morgan fingerprint density at radius 1 is 0.750 bits per heavy atom. The van der Waals surface area contributed by atoms with Crippen LogP contribution in [-0.4, -0.2) is 29.6 Å². The summed E-state index contributed by atoms with van der Waals surface area (Å²) in [7, 11) is 0. The van der Waals surface area contributed by atoms with E-state index in [1.54, 1.807) is 0 Å². The van der Waals surface area contributed by atoms with Gasteiger partial charge in [0.2, 0.25) is 5.91 Å². The molecule has 0 N–H and O–H groups in total. The van der Waals surface area contributed by atoms with E-state index >= 15 is 0 Å². The minimum atomic E-state index is -0.334. The predicted molar refractivity (Wildman–Crippen MR) is 117 cm³/mol. The molecule has 0 aromatic heterocycles. The smallest absolute Gasteiger partial charge is 0.223 e. The number of benzene rings is 3. The Morgan fingerprint density at radius 3 is 1.54 bits per heavy atom. The van der Waals surface area contributed by atoms with E-state index in [4.69, 9.17) is 0 Å². The normalized spacial score (nSPS) is 13.8. The van der Waals surface area contributed by atoms with Crippen molar-refractivity contribution < 1.29 is 4.79 Å². The molecular formula is C25H25NOS. The van der Waals surface area contributed by atoms with Gasteiger partial charge in [0, 0.05) is 25.3 Å². The van der Waals surface area contributed by atoms with Gasteiger partial charge in [0.1, 0.15) is 0 Å². The van der Waals surface area contributed by atoms with E-state index in [2.05, 4.69) is 91.0 Å². The molecule has 0 radical (unpaired) electrons. The number of thioether (sulfide) groups is 1. The number of hydrogen-bond acceptors (Lipinski definition) is 2. The second-order valence-electron chi connectivity index (χ2n) is 7.11. The molecule has 0 aliphatic carbocycles. The van der Waals surface area contributed by atoms with Gasteiger partial charge in [-0.15, -0.1) is 11.8 Å². The summed E-state index contributed by atoms with van der Waals surface area (Å²) >= 11 is 1.86. The van der Waals surface area contributed by atoms with Crippen molar-refractivity contribution in [2.75, 3.05) is 18.8 Å². The third kappa shape index (κ3) is 3.72. The summed E-state index contributed by atoms with van der Waals surface area (Å²) in [6.45, 7) is 1.84. The molecule has 4 rings (SSSR count). The van der Waals surface area contributed by atoms with Gasteiger partial charge in [0.05, 0.1) is 4.75 Å². The molecule has 1 amide bonds. The van der Waals surface area contributed by atoms with Gasteiger partial charge in [0.15, 0.2) is 0 Å². The third-order valence-electron chi connectivity index (χ3n) is 5.38. The van der Waals surface area contributed by atoms with Crippen LogP contribution in [0.25, 0.3) is 0 Å². The first-order valence-corrected chi connectivity index (χ1v) is 10.9. The molecule has 3 aromatic rings. The lowest BCUT2D eigenvalue weighted by atomic mass is 9.84. The van der Waals surface area contributed by atoms with Crippen molar-refractivity contribution in [3.05, 3.63) is 108 Å². The standard InChI is InChI=1S/C25H25NOS/c27-24(26-18-10-19-26)17-20-28-25(21-11-4-1-5-12-21,22-13-6-2-7-14-22)23-15-8-3-9-16-23/h1-9,11-16H,10,17-20H2. The van der Waals surface area contributed by atoms with Crippen LogP contribution in [0.3, 0.4) is 0 Å². The molecule has 1 heterocycles. The van der Waals surface area contributed by atoms with E-state index in [1.165, 1.54) is 16.7 Å². The van der Waals surface area contributed by atoms with Crippen molar-refractivity contribution in [3.63, 3.8) is 0 Å². The van der Waals surface area contributed by atoms with Crippen LogP contribution >= 0.6 is 11.8 Å². The Labute approximate surface area is 171 Å². The van der Waals surface area contributed by atoms with Crippen LogP contribution in [0, 0.1) is 0 Å². The maximum atomic E-state index is 12.4. The summed E-state index contributed by atoms with van der Waals surface area (Å²) in [6.07, 6.45) is 1.72. The van der Waals surface area contributed by atoms with Crippen LogP contribution in [-0.2, 0) is 9.54 Å². The number of carbonyl (C=O) groups is 1. The van der Waals surface area contributed by atoms with E-state index in [0.29, 0.717) is 6.42 Å². The molecule has 1 aliphatic heterocycles. The minimum absolute atomic E-state index is 0.279. The fraction of sp³-hybridized carbons (Fsp3) is 0.240. The SMILES string of the molecule is O=C(CCSC(c1ccccc1)(c1ccccc1)c1ccccc1)N1CCC1. The maximum Gasteiger partial charge on any atom is 0.223 e. The summed E-state index contributed by atoms with van der Waals surface area (Å²) < 4.78 is -0.334. The van der Waals surface area contributed by atoms with Crippen molar-refractivity contribution in [3.8, 4) is 0 Å². The summed E-state index contributed by atoms with van der Waals surface area (Å²) in [6, 6.07) is 32.0. The fourth-order valence-corrected chi connectivity index (χ4v) is 5.27. The molecule has 3 aromatic carbocycles. The fourth-order valence-electron chi connectivity index (χ4n) is 3.78. The minimum Gasteiger partial charge on any atom is -0.343 e. The topological polar surface area (TPSA) is 20.3 Å². The van der Waals surface area contributed by atoms with Gasteiger partial charge in [-0.05, 0) is 23.1 Å². The van der Waals surface area contributed by atoms with Gasteiger partial charge in [-0.25, -0.2) is 0 Å². The first kappa shape index (κ1) is 18.8. The highest BCUT2D eigenvalue weighted by Crippen LogP contribution is 2.48. The molecule has 28 heavy (non-hydrogen) atoms. The average molecular weight is 388 g/mol. The Kier molecular flexibility index (Phi) is 5.82. The highest BCUT2D eigenvalue weighted by atomic mass is 32.2. The number of likely N-dealkylation sites (tertiary alicyclic amines) is 1.